The molecule has 0 spiro atoms. The molecule has 21 heavy (non-hydrogen) atoms. The third-order valence-corrected chi connectivity index (χ3v) is 4.91. The van der Waals surface area contributed by atoms with Gasteiger partial charge in [0.15, 0.2) is 14.8 Å². The van der Waals surface area contributed by atoms with Crippen LogP contribution in [0.25, 0.3) is 0 Å². The molecule has 1 aliphatic rings. The van der Waals surface area contributed by atoms with Gasteiger partial charge in [-0.15, -0.1) is 13.2 Å². The van der Waals surface area contributed by atoms with Crippen LogP contribution in [0, 0.1) is 5.41 Å². The van der Waals surface area contributed by atoms with Crippen LogP contribution in [0.1, 0.15) is 33.6 Å². The number of carbonyl (C=O) groups excluding carboxylic acids is 1. The lowest BCUT2D eigenvalue weighted by Crippen LogP contribution is -2.48. The Morgan fingerprint density at radius 3 is 2.38 bits per heavy atom. The molecule has 2 atom stereocenters. The number of hydrogen-bond donors (Lipinski definition) is 1. The van der Waals surface area contributed by atoms with Crippen LogP contribution in [0.2, 0.25) is 13.1 Å². The number of ketones is 1. The van der Waals surface area contributed by atoms with Crippen molar-refractivity contribution in [3.63, 3.8) is 0 Å². The van der Waals surface area contributed by atoms with Gasteiger partial charge in [0.2, 0.25) is 0 Å². The molecule has 0 aromatic heterocycles. The van der Waals surface area contributed by atoms with E-state index in [0.29, 0.717) is 18.4 Å². The smallest absolute Gasteiger partial charge is 0.172 e. The first-order valence-electron chi connectivity index (χ1n) is 7.46. The van der Waals surface area contributed by atoms with Gasteiger partial charge in [-0.25, -0.2) is 0 Å². The van der Waals surface area contributed by atoms with E-state index >= 15 is 0 Å². The van der Waals surface area contributed by atoms with E-state index in [2.05, 4.69) is 47.0 Å². The molecule has 0 aromatic carbocycles. The van der Waals surface area contributed by atoms with Gasteiger partial charge < -0.3 is 9.53 Å². The summed E-state index contributed by atoms with van der Waals surface area (Å²) in [5, 5.41) is 10.2. The highest BCUT2D eigenvalue weighted by molar-refractivity contribution is 6.48. The van der Waals surface area contributed by atoms with Gasteiger partial charge in [0.1, 0.15) is 6.10 Å². The number of aliphatic hydroxyl groups is 1. The summed E-state index contributed by atoms with van der Waals surface area (Å²) in [7, 11) is -1.38. The maximum Gasteiger partial charge on any atom is 0.172 e. The Hall–Kier alpha value is -0.973. The van der Waals surface area contributed by atoms with E-state index < -0.39 is 20.7 Å². The molecule has 1 aliphatic carbocycles. The van der Waals surface area contributed by atoms with Gasteiger partial charge in [-0.1, -0.05) is 32.9 Å². The van der Waals surface area contributed by atoms with Crippen molar-refractivity contribution in [2.45, 2.75) is 58.4 Å². The van der Waals surface area contributed by atoms with E-state index in [-0.39, 0.29) is 11.2 Å². The van der Waals surface area contributed by atoms with Crippen molar-refractivity contribution in [2.24, 2.45) is 5.41 Å². The van der Waals surface area contributed by atoms with Gasteiger partial charge in [0.25, 0.3) is 0 Å². The number of carbonyl (C=O) groups is 1. The monoisotopic (exact) mass is 308 g/mol. The third-order valence-electron chi connectivity index (χ3n) is 4.04. The zero-order chi connectivity index (χ0) is 16.4. The highest BCUT2D eigenvalue weighted by Gasteiger charge is 2.53. The Bertz CT molecular complexity index is 471. The molecule has 0 heterocycles. The molecule has 118 valence electrons. The highest BCUT2D eigenvalue weighted by atomic mass is 28.3. The largest absolute Gasteiger partial charge is 0.410 e. The summed E-state index contributed by atoms with van der Waals surface area (Å²) in [5.41, 5.74) is 0.455. The zero-order valence-corrected chi connectivity index (χ0v) is 15.1. The van der Waals surface area contributed by atoms with Gasteiger partial charge in [-0.3, -0.25) is 4.79 Å². The Morgan fingerprint density at radius 1 is 1.43 bits per heavy atom. The first kappa shape index (κ1) is 18.1. The molecule has 0 aromatic rings. The lowest BCUT2D eigenvalue weighted by molar-refractivity contribution is -0.119. The van der Waals surface area contributed by atoms with Crippen LogP contribution in [0.3, 0.4) is 0 Å². The lowest BCUT2D eigenvalue weighted by Gasteiger charge is -2.45. The summed E-state index contributed by atoms with van der Waals surface area (Å²) < 4.78 is 6.39. The lowest BCUT2D eigenvalue weighted by atomic mass is 9.71. The molecule has 0 saturated heterocycles. The predicted octanol–water partition coefficient (Wildman–Crippen LogP) is 3.16. The van der Waals surface area contributed by atoms with Crippen LogP contribution in [0.15, 0.2) is 36.5 Å². The second kappa shape index (κ2) is 6.42. The highest BCUT2D eigenvalue weighted by Crippen LogP contribution is 2.50. The molecular formula is C17H28O3Si. The minimum atomic E-state index is -1.38. The van der Waals surface area contributed by atoms with Crippen molar-refractivity contribution in [1.29, 1.82) is 0 Å². The van der Waals surface area contributed by atoms with Crippen molar-refractivity contribution in [3.8, 4) is 0 Å². The fraction of sp³-hybridized carbons (Fsp3) is 0.588. The fourth-order valence-electron chi connectivity index (χ4n) is 3.10. The third kappa shape index (κ3) is 3.28. The molecule has 2 unspecified atom stereocenters. The Labute approximate surface area is 130 Å². The minimum Gasteiger partial charge on any atom is -0.410 e. The molecule has 1 rings (SSSR count). The Morgan fingerprint density at radius 2 is 2.00 bits per heavy atom. The molecule has 0 bridgehead atoms. The topological polar surface area (TPSA) is 46.5 Å². The number of hydrogen-bond acceptors (Lipinski definition) is 3. The van der Waals surface area contributed by atoms with Crippen LogP contribution in [0.4, 0.5) is 0 Å². The number of Topliss-reactive ketones (excluding diaryl/α,β-unsaturated/α-hetero) is 1. The van der Waals surface area contributed by atoms with E-state index in [1.165, 1.54) is 6.08 Å². The summed E-state index contributed by atoms with van der Waals surface area (Å²) in [6.45, 7) is 17.9. The van der Waals surface area contributed by atoms with Crippen LogP contribution in [-0.2, 0) is 9.22 Å². The van der Waals surface area contributed by atoms with E-state index in [1.807, 2.05) is 0 Å². The van der Waals surface area contributed by atoms with Crippen LogP contribution < -0.4 is 0 Å². The minimum absolute atomic E-state index is 0.0381. The molecule has 0 saturated carbocycles. The summed E-state index contributed by atoms with van der Waals surface area (Å²) >= 11 is 0. The van der Waals surface area contributed by atoms with Crippen molar-refractivity contribution < 1.29 is 14.3 Å². The van der Waals surface area contributed by atoms with Gasteiger partial charge in [0.05, 0.1) is 5.60 Å². The SMILES string of the molecule is C=CCC1=C(C(O)C=C)C(=O)CC1(O[SiH](C)C)C(C)(C)C. The molecule has 1 N–H and O–H groups in total. The zero-order valence-electron chi connectivity index (χ0n) is 13.9. The van der Waals surface area contributed by atoms with Gasteiger partial charge in [0, 0.05) is 12.0 Å². The quantitative estimate of drug-likeness (QED) is 0.605. The van der Waals surface area contributed by atoms with Crippen LogP contribution in [-0.4, -0.2) is 31.6 Å². The fourth-order valence-corrected chi connectivity index (χ4v) is 4.49. The molecule has 0 fully saturated rings. The molecular weight excluding hydrogens is 280 g/mol. The summed E-state index contributed by atoms with van der Waals surface area (Å²) in [6.07, 6.45) is 3.08. The molecule has 0 radical (unpaired) electrons. The first-order chi connectivity index (χ1) is 9.60. The number of rotatable bonds is 6. The van der Waals surface area contributed by atoms with Crippen molar-refractivity contribution in [2.75, 3.05) is 0 Å². The standard InChI is InChI=1S/C17H28O3Si/c1-8-10-12-15(13(18)9-2)14(19)11-17(12,16(3,4)5)20-21(6)7/h8-9,13,18,21H,1-2,10-11H2,3-7H3. The second-order valence-corrected chi connectivity index (χ2v) is 9.24. The average Bonchev–Trinajstić information content (AvgIpc) is 2.61. The predicted molar refractivity (Wildman–Crippen MR) is 89.8 cm³/mol. The van der Waals surface area contributed by atoms with Crippen molar-refractivity contribution in [3.05, 3.63) is 36.5 Å². The van der Waals surface area contributed by atoms with E-state index in [4.69, 9.17) is 4.43 Å². The maximum atomic E-state index is 12.5. The summed E-state index contributed by atoms with van der Waals surface area (Å²) in [5.74, 6) is -0.0381. The number of allylic oxidation sites excluding steroid dienone is 1. The van der Waals surface area contributed by atoms with Crippen LogP contribution >= 0.6 is 0 Å². The van der Waals surface area contributed by atoms with Crippen LogP contribution in [0.5, 0.6) is 0 Å². The van der Waals surface area contributed by atoms with Gasteiger partial charge >= 0.3 is 0 Å². The summed E-state index contributed by atoms with van der Waals surface area (Å²) in [6, 6.07) is 0. The first-order valence-corrected chi connectivity index (χ1v) is 10.2. The molecule has 0 amide bonds. The molecule has 0 aliphatic heterocycles. The average molecular weight is 308 g/mol. The van der Waals surface area contributed by atoms with E-state index in [1.54, 1.807) is 6.08 Å². The van der Waals surface area contributed by atoms with Gasteiger partial charge in [-0.2, -0.15) is 0 Å². The van der Waals surface area contributed by atoms with E-state index in [9.17, 15) is 9.90 Å². The maximum absolute atomic E-state index is 12.5. The Kier molecular flexibility index (Phi) is 5.53. The normalized spacial score (nSPS) is 24.6. The summed E-state index contributed by atoms with van der Waals surface area (Å²) in [4.78, 5) is 12.5. The molecule has 3 nitrogen and oxygen atoms in total. The molecule has 4 heteroatoms. The van der Waals surface area contributed by atoms with E-state index in [0.717, 1.165) is 5.57 Å². The van der Waals surface area contributed by atoms with Gasteiger partial charge in [-0.05, 0) is 30.5 Å². The number of aliphatic hydroxyl groups excluding tert-OH is 1. The van der Waals surface area contributed by atoms with Crippen molar-refractivity contribution in [1.82, 2.24) is 0 Å². The van der Waals surface area contributed by atoms with Crippen molar-refractivity contribution >= 4 is 14.8 Å². The second-order valence-electron chi connectivity index (χ2n) is 6.91. The Balaban J connectivity index is 3.56.